The number of hydrogen-bond donors (Lipinski definition) is 1. The Bertz CT molecular complexity index is 578. The minimum absolute atomic E-state index is 0.211. The van der Waals surface area contributed by atoms with Crippen LogP contribution >= 0.6 is 11.5 Å². The molecule has 0 spiro atoms. The third-order valence-corrected chi connectivity index (χ3v) is 3.32. The van der Waals surface area contributed by atoms with Crippen LogP contribution in [0.2, 0.25) is 0 Å². The summed E-state index contributed by atoms with van der Waals surface area (Å²) in [4.78, 5) is 23.2. The molecule has 5 nitrogen and oxygen atoms in total. The first kappa shape index (κ1) is 13.4. The summed E-state index contributed by atoms with van der Waals surface area (Å²) in [6, 6.07) is 6.69. The first-order chi connectivity index (χ1) is 9.24. The molecule has 0 aliphatic carbocycles. The van der Waals surface area contributed by atoms with Gasteiger partial charge in [-0.25, -0.2) is 0 Å². The highest BCUT2D eigenvalue weighted by molar-refractivity contribution is 7.08. The van der Waals surface area contributed by atoms with Gasteiger partial charge in [0.2, 0.25) is 0 Å². The van der Waals surface area contributed by atoms with Crippen molar-refractivity contribution in [2.24, 2.45) is 0 Å². The van der Waals surface area contributed by atoms with E-state index in [4.69, 9.17) is 0 Å². The number of benzene rings is 1. The lowest BCUT2D eigenvalue weighted by Crippen LogP contribution is -2.12. The van der Waals surface area contributed by atoms with E-state index in [2.05, 4.69) is 14.9 Å². The van der Waals surface area contributed by atoms with Gasteiger partial charge in [0.1, 0.15) is 11.2 Å². The van der Waals surface area contributed by atoms with E-state index in [0.717, 1.165) is 36.4 Å². The fourth-order valence-electron chi connectivity index (χ4n) is 1.61. The number of aryl methyl sites for hydroxylation is 1. The second kappa shape index (κ2) is 6.19. The van der Waals surface area contributed by atoms with Crippen molar-refractivity contribution in [2.75, 3.05) is 5.32 Å². The predicted octanol–water partition coefficient (Wildman–Crippen LogP) is 2.56. The van der Waals surface area contributed by atoms with Crippen LogP contribution in [0, 0.1) is 0 Å². The van der Waals surface area contributed by atoms with Gasteiger partial charge in [0.25, 0.3) is 5.91 Å². The standard InChI is InChI=1S/C13H13N3O2S/c1-2-3-11-12(19-16-15-11)13(18)14-10-6-4-9(8-17)5-7-10/h4-8H,2-3H2,1H3,(H,14,18). The van der Waals surface area contributed by atoms with Gasteiger partial charge in [0.05, 0.1) is 5.69 Å². The van der Waals surface area contributed by atoms with Gasteiger partial charge in [-0.05, 0) is 42.2 Å². The number of anilines is 1. The monoisotopic (exact) mass is 275 g/mol. The molecule has 0 aliphatic heterocycles. The van der Waals surface area contributed by atoms with Gasteiger partial charge < -0.3 is 5.32 Å². The van der Waals surface area contributed by atoms with Gasteiger partial charge in [-0.15, -0.1) is 5.10 Å². The number of nitrogens with zero attached hydrogens (tertiary/aromatic N) is 2. The summed E-state index contributed by atoms with van der Waals surface area (Å²) >= 11 is 1.10. The molecule has 98 valence electrons. The van der Waals surface area contributed by atoms with Gasteiger partial charge in [-0.3, -0.25) is 9.59 Å². The first-order valence-corrected chi connectivity index (χ1v) is 6.69. The van der Waals surface area contributed by atoms with Crippen molar-refractivity contribution in [3.05, 3.63) is 40.4 Å². The molecule has 19 heavy (non-hydrogen) atoms. The average molecular weight is 275 g/mol. The van der Waals surface area contributed by atoms with Crippen molar-refractivity contribution in [1.29, 1.82) is 0 Å². The Morgan fingerprint density at radius 2 is 2.11 bits per heavy atom. The topological polar surface area (TPSA) is 72.0 Å². The molecule has 0 unspecified atom stereocenters. The fraction of sp³-hybridized carbons (Fsp3) is 0.231. The number of rotatable bonds is 5. The number of carbonyl (C=O) groups excluding carboxylic acids is 2. The van der Waals surface area contributed by atoms with Crippen molar-refractivity contribution in [3.8, 4) is 0 Å². The van der Waals surface area contributed by atoms with E-state index in [1.807, 2.05) is 6.92 Å². The van der Waals surface area contributed by atoms with Gasteiger partial charge in [0.15, 0.2) is 0 Å². The van der Waals surface area contributed by atoms with Gasteiger partial charge >= 0.3 is 0 Å². The van der Waals surface area contributed by atoms with Gasteiger partial charge in [-0.1, -0.05) is 17.8 Å². The van der Waals surface area contributed by atoms with Crippen molar-refractivity contribution in [3.63, 3.8) is 0 Å². The van der Waals surface area contributed by atoms with E-state index >= 15 is 0 Å². The highest BCUT2D eigenvalue weighted by Gasteiger charge is 2.15. The van der Waals surface area contributed by atoms with Crippen LogP contribution in [0.15, 0.2) is 24.3 Å². The summed E-state index contributed by atoms with van der Waals surface area (Å²) in [5.74, 6) is -0.211. The molecule has 1 N–H and O–H groups in total. The zero-order valence-electron chi connectivity index (χ0n) is 10.4. The lowest BCUT2D eigenvalue weighted by molar-refractivity contribution is 0.102. The quantitative estimate of drug-likeness (QED) is 0.851. The fourth-order valence-corrected chi connectivity index (χ4v) is 2.22. The van der Waals surface area contributed by atoms with Crippen molar-refractivity contribution >= 4 is 29.4 Å². The molecule has 1 aromatic carbocycles. The second-order valence-electron chi connectivity index (χ2n) is 3.99. The van der Waals surface area contributed by atoms with E-state index in [9.17, 15) is 9.59 Å². The van der Waals surface area contributed by atoms with Crippen LogP contribution in [-0.2, 0) is 6.42 Å². The molecule has 2 rings (SSSR count). The Labute approximate surface area is 114 Å². The number of carbonyl (C=O) groups is 2. The molecule has 1 heterocycles. The zero-order valence-corrected chi connectivity index (χ0v) is 11.2. The molecule has 0 saturated carbocycles. The normalized spacial score (nSPS) is 10.2. The average Bonchev–Trinajstić information content (AvgIpc) is 2.88. The zero-order chi connectivity index (χ0) is 13.7. The first-order valence-electron chi connectivity index (χ1n) is 5.92. The van der Waals surface area contributed by atoms with E-state index in [1.165, 1.54) is 0 Å². The molecule has 0 saturated heterocycles. The molecular weight excluding hydrogens is 262 g/mol. The Kier molecular flexibility index (Phi) is 4.35. The van der Waals surface area contributed by atoms with E-state index in [1.54, 1.807) is 24.3 Å². The summed E-state index contributed by atoms with van der Waals surface area (Å²) in [5, 5.41) is 6.73. The minimum Gasteiger partial charge on any atom is -0.321 e. The van der Waals surface area contributed by atoms with Crippen molar-refractivity contribution in [2.45, 2.75) is 19.8 Å². The largest absolute Gasteiger partial charge is 0.321 e. The number of hydrogen-bond acceptors (Lipinski definition) is 5. The number of aromatic nitrogens is 2. The van der Waals surface area contributed by atoms with Crippen LogP contribution in [0.4, 0.5) is 5.69 Å². The molecule has 0 atom stereocenters. The van der Waals surface area contributed by atoms with Crippen LogP contribution < -0.4 is 5.32 Å². The maximum absolute atomic E-state index is 12.1. The van der Waals surface area contributed by atoms with Crippen molar-refractivity contribution in [1.82, 2.24) is 9.59 Å². The molecule has 0 fully saturated rings. The van der Waals surface area contributed by atoms with Gasteiger partial charge in [-0.2, -0.15) is 0 Å². The van der Waals surface area contributed by atoms with E-state index in [-0.39, 0.29) is 5.91 Å². The maximum Gasteiger partial charge on any atom is 0.269 e. The minimum atomic E-state index is -0.211. The van der Waals surface area contributed by atoms with Crippen molar-refractivity contribution < 1.29 is 9.59 Å². The third kappa shape index (κ3) is 3.23. The molecule has 0 aliphatic rings. The van der Waals surface area contributed by atoms with Crippen LogP contribution in [0.25, 0.3) is 0 Å². The summed E-state index contributed by atoms with van der Waals surface area (Å²) in [5.41, 5.74) is 1.95. The predicted molar refractivity (Wildman–Crippen MR) is 73.7 cm³/mol. The number of aldehydes is 1. The Morgan fingerprint density at radius 1 is 1.37 bits per heavy atom. The summed E-state index contributed by atoms with van der Waals surface area (Å²) in [6.45, 7) is 2.03. The molecule has 0 bridgehead atoms. The van der Waals surface area contributed by atoms with Crippen LogP contribution in [0.1, 0.15) is 39.1 Å². The second-order valence-corrected chi connectivity index (χ2v) is 4.75. The Morgan fingerprint density at radius 3 is 2.74 bits per heavy atom. The molecule has 2 aromatic rings. The lowest BCUT2D eigenvalue weighted by Gasteiger charge is -2.04. The highest BCUT2D eigenvalue weighted by atomic mass is 32.1. The molecular formula is C13H13N3O2S. The summed E-state index contributed by atoms with van der Waals surface area (Å²) in [7, 11) is 0. The third-order valence-electron chi connectivity index (χ3n) is 2.55. The lowest BCUT2D eigenvalue weighted by atomic mass is 10.2. The maximum atomic E-state index is 12.1. The Hall–Kier alpha value is -2.08. The van der Waals surface area contributed by atoms with Crippen LogP contribution in [-0.4, -0.2) is 21.8 Å². The molecule has 0 radical (unpaired) electrons. The van der Waals surface area contributed by atoms with Crippen LogP contribution in [0.5, 0.6) is 0 Å². The summed E-state index contributed by atoms with van der Waals surface area (Å²) in [6.07, 6.45) is 2.42. The SMILES string of the molecule is CCCc1nnsc1C(=O)Nc1ccc(C=O)cc1. The van der Waals surface area contributed by atoms with E-state index < -0.39 is 0 Å². The molecule has 1 aromatic heterocycles. The van der Waals surface area contributed by atoms with Crippen LogP contribution in [0.3, 0.4) is 0 Å². The van der Waals surface area contributed by atoms with E-state index in [0.29, 0.717) is 16.1 Å². The Balaban J connectivity index is 2.11. The number of nitrogens with one attached hydrogen (secondary N) is 1. The van der Waals surface area contributed by atoms with Gasteiger partial charge in [0, 0.05) is 11.3 Å². The smallest absolute Gasteiger partial charge is 0.269 e. The highest BCUT2D eigenvalue weighted by Crippen LogP contribution is 2.16. The summed E-state index contributed by atoms with van der Waals surface area (Å²) < 4.78 is 3.82. The number of amides is 1. The molecule has 6 heteroatoms. The molecule has 1 amide bonds.